The van der Waals surface area contributed by atoms with E-state index in [1.54, 1.807) is 7.11 Å². The quantitative estimate of drug-likeness (QED) is 0.0204. The average Bonchev–Trinajstić information content (AvgIpc) is 3.69. The second kappa shape index (κ2) is 31.1. The summed E-state index contributed by atoms with van der Waals surface area (Å²) in [7, 11) is -0.166. The van der Waals surface area contributed by atoms with Crippen LogP contribution in [-0.4, -0.2) is 84.1 Å². The number of H-pyrrole nitrogens is 1. The van der Waals surface area contributed by atoms with Crippen LogP contribution in [0.15, 0.2) is 101 Å². The number of rotatable bonds is 34. The maximum absolute atomic E-state index is 13.7. The van der Waals surface area contributed by atoms with Gasteiger partial charge in [-0.1, -0.05) is 149 Å². The summed E-state index contributed by atoms with van der Waals surface area (Å²) in [5, 5.41) is 9.56. The van der Waals surface area contributed by atoms with E-state index in [4.69, 9.17) is 32.7 Å². The normalized spacial score (nSPS) is 18.1. The van der Waals surface area contributed by atoms with Crippen molar-refractivity contribution in [1.82, 2.24) is 14.2 Å². The zero-order valence-electron chi connectivity index (χ0n) is 43.9. The van der Waals surface area contributed by atoms with E-state index in [0.29, 0.717) is 19.0 Å². The van der Waals surface area contributed by atoms with Crippen molar-refractivity contribution >= 4 is 14.5 Å². The van der Waals surface area contributed by atoms with Gasteiger partial charge in [-0.3, -0.25) is 19.1 Å². The number of methoxy groups -OCH3 is 1. The molecule has 1 N–H and O–H groups in total. The molecule has 0 amide bonds. The molecule has 0 spiro atoms. The molecular formula is C57H81N4O10P. The molecule has 15 heteroatoms. The Labute approximate surface area is 429 Å². The van der Waals surface area contributed by atoms with Crippen LogP contribution in [0.4, 0.5) is 0 Å². The van der Waals surface area contributed by atoms with Crippen LogP contribution in [0.1, 0.15) is 159 Å². The molecule has 4 aromatic rings. The Bertz CT molecular complexity index is 2310. The lowest BCUT2D eigenvalue weighted by Crippen LogP contribution is -2.43. The number of ether oxygens (including phenoxy) is 5. The third kappa shape index (κ3) is 17.5. The number of hydrogen-bond donors (Lipinski definition) is 1. The van der Waals surface area contributed by atoms with Gasteiger partial charge >= 0.3 is 11.7 Å². The van der Waals surface area contributed by atoms with Crippen LogP contribution in [0.5, 0.6) is 5.75 Å². The van der Waals surface area contributed by atoms with Gasteiger partial charge in [-0.05, 0) is 76.3 Å². The van der Waals surface area contributed by atoms with Crippen molar-refractivity contribution in [2.75, 3.05) is 33.5 Å². The molecule has 14 nitrogen and oxygen atoms in total. The predicted molar refractivity (Wildman–Crippen MR) is 283 cm³/mol. The van der Waals surface area contributed by atoms with Crippen molar-refractivity contribution in [3.63, 3.8) is 0 Å². The Hall–Kier alpha value is -4.71. The number of carbonyl (C=O) groups excluding carboxylic acids is 1. The van der Waals surface area contributed by atoms with Crippen molar-refractivity contribution in [2.24, 2.45) is 0 Å². The summed E-state index contributed by atoms with van der Waals surface area (Å²) in [5.74, 6) is 0.503. The van der Waals surface area contributed by atoms with Crippen LogP contribution in [-0.2, 0) is 38.4 Å². The van der Waals surface area contributed by atoms with Crippen LogP contribution in [0.25, 0.3) is 0 Å². The van der Waals surface area contributed by atoms with Crippen LogP contribution in [0, 0.1) is 18.3 Å². The highest BCUT2D eigenvalue weighted by atomic mass is 31.2. The van der Waals surface area contributed by atoms with Gasteiger partial charge in [0.15, 0.2) is 6.23 Å². The van der Waals surface area contributed by atoms with Crippen LogP contribution in [0.2, 0.25) is 0 Å². The number of nitriles is 1. The highest BCUT2D eigenvalue weighted by Gasteiger charge is 2.51. The number of nitrogens with one attached hydrogen (secondary N) is 1. The highest BCUT2D eigenvalue weighted by Crippen LogP contribution is 2.51. The monoisotopic (exact) mass is 1010 g/mol. The fourth-order valence-electron chi connectivity index (χ4n) is 9.40. The Morgan fingerprint density at radius 1 is 0.750 bits per heavy atom. The topological polar surface area (TPSA) is 164 Å². The summed E-state index contributed by atoms with van der Waals surface area (Å²) in [5.41, 5.74) is 1.44. The van der Waals surface area contributed by atoms with Gasteiger partial charge in [0.2, 0.25) is 0 Å². The van der Waals surface area contributed by atoms with Gasteiger partial charge in [0.05, 0.1) is 39.4 Å². The van der Waals surface area contributed by atoms with E-state index in [2.05, 4.69) is 86.7 Å². The lowest BCUT2D eigenvalue weighted by atomic mass is 9.79. The van der Waals surface area contributed by atoms with Gasteiger partial charge in [0.1, 0.15) is 29.7 Å². The van der Waals surface area contributed by atoms with E-state index in [0.717, 1.165) is 60.8 Å². The van der Waals surface area contributed by atoms with Gasteiger partial charge in [0, 0.05) is 37.9 Å². The molecule has 394 valence electrons. The van der Waals surface area contributed by atoms with Gasteiger partial charge in [-0.2, -0.15) is 5.26 Å². The van der Waals surface area contributed by atoms with E-state index in [1.807, 2.05) is 42.5 Å². The minimum absolute atomic E-state index is 0.0105. The number of aromatic nitrogens is 2. The minimum atomic E-state index is -1.81. The van der Waals surface area contributed by atoms with Gasteiger partial charge in [-0.25, -0.2) is 9.46 Å². The first-order valence-electron chi connectivity index (χ1n) is 26.3. The minimum Gasteiger partial charge on any atom is -0.497 e. The largest absolute Gasteiger partial charge is 0.497 e. The molecule has 3 aromatic carbocycles. The number of hydrogen-bond acceptors (Lipinski definition) is 12. The van der Waals surface area contributed by atoms with E-state index in [1.165, 1.54) is 75.1 Å². The molecule has 1 aromatic heterocycles. The third-order valence-electron chi connectivity index (χ3n) is 13.0. The molecule has 0 aliphatic carbocycles. The molecule has 0 radical (unpaired) electrons. The van der Waals surface area contributed by atoms with Crippen LogP contribution >= 0.6 is 8.53 Å². The lowest BCUT2D eigenvalue weighted by molar-refractivity contribution is -0.141. The molecule has 5 rings (SSSR count). The van der Waals surface area contributed by atoms with E-state index in [-0.39, 0.29) is 37.7 Å². The predicted octanol–water partition coefficient (Wildman–Crippen LogP) is 11.8. The number of aryl methyl sites for hydroxylation is 1. The summed E-state index contributed by atoms with van der Waals surface area (Å²) < 4.78 is 49.1. The van der Waals surface area contributed by atoms with Crippen molar-refractivity contribution < 1.29 is 37.5 Å². The maximum atomic E-state index is 13.7. The highest BCUT2D eigenvalue weighted by molar-refractivity contribution is 7.44. The van der Waals surface area contributed by atoms with E-state index >= 15 is 0 Å². The smallest absolute Gasteiger partial charge is 0.330 e. The van der Waals surface area contributed by atoms with Crippen molar-refractivity contribution in [3.05, 3.63) is 134 Å². The van der Waals surface area contributed by atoms with Crippen LogP contribution < -0.4 is 16.0 Å². The van der Waals surface area contributed by atoms with Crippen molar-refractivity contribution in [1.29, 1.82) is 5.26 Å². The second-order valence-corrected chi connectivity index (χ2v) is 20.7. The standard InChI is InChI=1S/C57H81N4O10P/c1-43(2)61(44(3)4)72(69-41-25-37-58)71-53-51(42-68-57(47-26-21-20-22-27-47,48-30-28-45(5)29-31-48)49-32-34-50(65-7)35-33-49)70-55(60-38-36-52(63)59-56(60)64)54(53)67-40-24-19-17-15-13-11-9-8-10-12-14-16-18-23-39-66-46(6)62/h20-22,26-36,38,43-44,51,53-55H,8-19,23-25,39-42H2,1-7H3,(H,59,63,64)/t51-,53-,54-,55-,57?,72?/m1/s1. The first-order chi connectivity index (χ1) is 34.9. The first kappa shape index (κ1) is 58.2. The Morgan fingerprint density at radius 2 is 1.29 bits per heavy atom. The van der Waals surface area contributed by atoms with E-state index < -0.39 is 49.9 Å². The van der Waals surface area contributed by atoms with Crippen LogP contribution in [0.3, 0.4) is 0 Å². The molecule has 1 aliphatic rings. The third-order valence-corrected chi connectivity index (χ3v) is 15.2. The molecule has 1 saturated heterocycles. The number of aromatic amines is 1. The molecule has 2 heterocycles. The van der Waals surface area contributed by atoms with Gasteiger partial charge < -0.3 is 32.7 Å². The Balaban J connectivity index is 1.38. The molecule has 6 atom stereocenters. The molecule has 0 saturated carbocycles. The Morgan fingerprint density at radius 3 is 1.82 bits per heavy atom. The summed E-state index contributed by atoms with van der Waals surface area (Å²) in [6.45, 7) is 12.9. The van der Waals surface area contributed by atoms with Gasteiger partial charge in [0.25, 0.3) is 14.1 Å². The number of unbranched alkanes of at least 4 members (excludes halogenated alkanes) is 13. The number of carbonyl (C=O) groups is 1. The fourth-order valence-corrected chi connectivity index (χ4v) is 11.2. The molecule has 2 unspecified atom stereocenters. The maximum Gasteiger partial charge on any atom is 0.330 e. The van der Waals surface area contributed by atoms with E-state index in [9.17, 15) is 19.6 Å². The molecular weight excluding hydrogens is 932 g/mol. The second-order valence-electron chi connectivity index (χ2n) is 19.3. The summed E-state index contributed by atoms with van der Waals surface area (Å²) in [4.78, 5) is 39.5. The van der Waals surface area contributed by atoms with Gasteiger partial charge in [-0.15, -0.1) is 0 Å². The number of esters is 1. The zero-order valence-corrected chi connectivity index (χ0v) is 44.8. The molecule has 1 fully saturated rings. The summed E-state index contributed by atoms with van der Waals surface area (Å²) >= 11 is 0. The average molecular weight is 1010 g/mol. The molecule has 0 bridgehead atoms. The SMILES string of the molecule is COc1ccc(C(OC[C@H]2O[C@@H](n3ccc(=O)[nH]c3=O)[C@H](OCCCCCCCCCCCCCCCCOC(C)=O)[C@@H]2OP(OCCC#N)N(C(C)C)C(C)C)(c2ccccc2)c2ccc(C)cc2)cc1. The first-order valence-corrected chi connectivity index (χ1v) is 27.4. The zero-order chi connectivity index (χ0) is 51.7. The van der Waals surface area contributed by atoms with Crippen molar-refractivity contribution in [2.45, 2.75) is 180 Å². The van der Waals surface area contributed by atoms with Crippen molar-refractivity contribution in [3.8, 4) is 11.8 Å². The summed E-state index contributed by atoms with van der Waals surface area (Å²) in [6, 6.07) is 29.8. The molecule has 1 aliphatic heterocycles. The number of nitrogens with zero attached hydrogens (tertiary/aromatic N) is 3. The summed E-state index contributed by atoms with van der Waals surface area (Å²) in [6.07, 6.45) is 14.1. The number of benzene rings is 3. The molecule has 72 heavy (non-hydrogen) atoms. The fraction of sp³-hybridized carbons (Fsp3) is 0.579. The Kier molecular flexibility index (Phi) is 25.1. The lowest BCUT2D eigenvalue weighted by Gasteiger charge is -2.39.